The summed E-state index contributed by atoms with van der Waals surface area (Å²) in [6.45, 7) is 3.70. The Morgan fingerprint density at radius 3 is 2.90 bits per heavy atom. The van der Waals surface area contributed by atoms with Gasteiger partial charge in [-0.2, -0.15) is 5.10 Å². The van der Waals surface area contributed by atoms with Crippen molar-refractivity contribution < 1.29 is 9.90 Å². The lowest BCUT2D eigenvalue weighted by Crippen LogP contribution is -2.50. The molecule has 2 heterocycles. The first kappa shape index (κ1) is 14.0. The van der Waals surface area contributed by atoms with Crippen molar-refractivity contribution in [1.29, 1.82) is 0 Å². The van der Waals surface area contributed by atoms with E-state index in [1.54, 1.807) is 24.0 Å². The van der Waals surface area contributed by atoms with Crippen LogP contribution in [-0.4, -0.2) is 37.9 Å². The van der Waals surface area contributed by atoms with Gasteiger partial charge in [-0.05, 0) is 38.7 Å². The van der Waals surface area contributed by atoms with Crippen LogP contribution in [-0.2, 0) is 7.05 Å². The van der Waals surface area contributed by atoms with Crippen molar-refractivity contribution in [2.75, 3.05) is 6.61 Å². The third kappa shape index (κ3) is 2.40. The third-order valence-electron chi connectivity index (χ3n) is 4.28. The highest BCUT2D eigenvalue weighted by Crippen LogP contribution is 2.39. The molecule has 0 saturated heterocycles. The summed E-state index contributed by atoms with van der Waals surface area (Å²) in [7, 11) is 1.80. The minimum atomic E-state index is -0.553. The summed E-state index contributed by atoms with van der Waals surface area (Å²) in [6.07, 6.45) is 3.76. The lowest BCUT2D eigenvalue weighted by molar-refractivity contribution is 0.0826. The summed E-state index contributed by atoms with van der Waals surface area (Å²) in [5.41, 5.74) is 1.47. The predicted octanol–water partition coefficient (Wildman–Crippen LogP) is 1.17. The lowest BCUT2D eigenvalue weighted by Gasteiger charge is -2.28. The van der Waals surface area contributed by atoms with Crippen molar-refractivity contribution in [1.82, 2.24) is 20.1 Å². The lowest BCUT2D eigenvalue weighted by atomic mass is 9.96. The van der Waals surface area contributed by atoms with E-state index in [-0.39, 0.29) is 12.5 Å². The molecule has 21 heavy (non-hydrogen) atoms. The van der Waals surface area contributed by atoms with E-state index in [9.17, 15) is 9.90 Å². The van der Waals surface area contributed by atoms with Crippen LogP contribution in [0, 0.1) is 12.8 Å². The number of amides is 1. The molecule has 1 unspecified atom stereocenters. The Labute approximate surface area is 123 Å². The minimum absolute atomic E-state index is 0.0519. The van der Waals surface area contributed by atoms with Crippen molar-refractivity contribution in [3.63, 3.8) is 0 Å². The Hall–Kier alpha value is -1.95. The number of aromatic nitrogens is 3. The number of pyridine rings is 1. The summed E-state index contributed by atoms with van der Waals surface area (Å²) in [6, 6.07) is 1.77. The van der Waals surface area contributed by atoms with Crippen molar-refractivity contribution in [2.24, 2.45) is 13.0 Å². The van der Waals surface area contributed by atoms with Gasteiger partial charge in [-0.1, -0.05) is 0 Å². The number of aliphatic hydroxyl groups is 1. The molecule has 2 aromatic heterocycles. The van der Waals surface area contributed by atoms with E-state index in [4.69, 9.17) is 0 Å². The molecule has 6 heteroatoms. The molecule has 1 atom stereocenters. The van der Waals surface area contributed by atoms with Crippen LogP contribution in [0.15, 0.2) is 12.3 Å². The molecule has 0 aromatic carbocycles. The molecule has 1 aliphatic rings. The molecule has 0 spiro atoms. The van der Waals surface area contributed by atoms with Crippen LogP contribution in [0.2, 0.25) is 0 Å². The standard InChI is InChI=1S/C15H20N4O2/c1-9-6-11(12-7-16-19(3)13(12)17-9)14(21)18-15(2,8-20)10-4-5-10/h6-7,10,20H,4-5,8H2,1-3H3,(H,18,21). The Balaban J connectivity index is 1.98. The molecule has 112 valence electrons. The molecular formula is C15H20N4O2. The zero-order chi connectivity index (χ0) is 15.2. The molecule has 0 radical (unpaired) electrons. The number of fused-ring (bicyclic) bond motifs is 1. The molecule has 2 N–H and O–H groups in total. The van der Waals surface area contributed by atoms with Crippen LogP contribution in [0.5, 0.6) is 0 Å². The first-order valence-electron chi connectivity index (χ1n) is 7.17. The smallest absolute Gasteiger partial charge is 0.252 e. The highest BCUT2D eigenvalue weighted by molar-refractivity contribution is 6.05. The van der Waals surface area contributed by atoms with Crippen LogP contribution in [0.25, 0.3) is 11.0 Å². The monoisotopic (exact) mass is 288 g/mol. The van der Waals surface area contributed by atoms with Gasteiger partial charge in [0.05, 0.1) is 29.3 Å². The SMILES string of the molecule is Cc1cc(C(=O)NC(C)(CO)C2CC2)c2cnn(C)c2n1. The molecule has 2 aromatic rings. The highest BCUT2D eigenvalue weighted by Gasteiger charge is 2.42. The first-order chi connectivity index (χ1) is 9.94. The summed E-state index contributed by atoms with van der Waals surface area (Å²) in [5, 5.41) is 17.5. The van der Waals surface area contributed by atoms with Gasteiger partial charge in [0.25, 0.3) is 5.91 Å². The fourth-order valence-electron chi connectivity index (χ4n) is 2.75. The number of hydrogen-bond donors (Lipinski definition) is 2. The van der Waals surface area contributed by atoms with Gasteiger partial charge >= 0.3 is 0 Å². The predicted molar refractivity (Wildman–Crippen MR) is 78.9 cm³/mol. The maximum atomic E-state index is 12.6. The molecule has 1 saturated carbocycles. The zero-order valence-electron chi connectivity index (χ0n) is 12.6. The van der Waals surface area contributed by atoms with Crippen LogP contribution in [0.3, 0.4) is 0 Å². The first-order valence-corrected chi connectivity index (χ1v) is 7.17. The normalized spacial score (nSPS) is 17.7. The van der Waals surface area contributed by atoms with Crippen molar-refractivity contribution in [3.05, 3.63) is 23.5 Å². The number of aryl methyl sites for hydroxylation is 2. The number of aliphatic hydroxyl groups excluding tert-OH is 1. The third-order valence-corrected chi connectivity index (χ3v) is 4.28. The van der Waals surface area contributed by atoms with Gasteiger partial charge in [-0.3, -0.25) is 9.48 Å². The van der Waals surface area contributed by atoms with Crippen LogP contribution < -0.4 is 5.32 Å². The Morgan fingerprint density at radius 2 is 2.29 bits per heavy atom. The van der Waals surface area contributed by atoms with E-state index in [1.807, 2.05) is 13.8 Å². The Kier molecular flexibility index (Phi) is 3.20. The van der Waals surface area contributed by atoms with E-state index in [1.165, 1.54) is 0 Å². The van der Waals surface area contributed by atoms with Crippen LogP contribution >= 0.6 is 0 Å². The van der Waals surface area contributed by atoms with Gasteiger partial charge in [0, 0.05) is 12.7 Å². The van der Waals surface area contributed by atoms with E-state index in [0.29, 0.717) is 17.1 Å². The number of rotatable bonds is 4. The zero-order valence-corrected chi connectivity index (χ0v) is 12.6. The maximum Gasteiger partial charge on any atom is 0.252 e. The summed E-state index contributed by atoms with van der Waals surface area (Å²) >= 11 is 0. The van der Waals surface area contributed by atoms with E-state index >= 15 is 0 Å². The van der Waals surface area contributed by atoms with Gasteiger partial charge in [0.15, 0.2) is 5.65 Å². The largest absolute Gasteiger partial charge is 0.394 e. The fourth-order valence-corrected chi connectivity index (χ4v) is 2.75. The molecule has 0 bridgehead atoms. The highest BCUT2D eigenvalue weighted by atomic mass is 16.3. The quantitative estimate of drug-likeness (QED) is 0.885. The van der Waals surface area contributed by atoms with Crippen molar-refractivity contribution in [2.45, 2.75) is 32.2 Å². The maximum absolute atomic E-state index is 12.6. The van der Waals surface area contributed by atoms with Gasteiger partial charge < -0.3 is 10.4 Å². The summed E-state index contributed by atoms with van der Waals surface area (Å²) in [4.78, 5) is 17.1. The van der Waals surface area contributed by atoms with Crippen LogP contribution in [0.4, 0.5) is 0 Å². The molecular weight excluding hydrogens is 268 g/mol. The topological polar surface area (TPSA) is 80.0 Å². The van der Waals surface area contributed by atoms with Crippen molar-refractivity contribution in [3.8, 4) is 0 Å². The molecule has 1 fully saturated rings. The van der Waals surface area contributed by atoms with Gasteiger partial charge in [-0.25, -0.2) is 4.98 Å². The van der Waals surface area contributed by atoms with E-state index in [0.717, 1.165) is 23.9 Å². The van der Waals surface area contributed by atoms with E-state index in [2.05, 4.69) is 15.4 Å². The number of nitrogens with zero attached hydrogens (tertiary/aromatic N) is 3. The molecule has 0 aliphatic heterocycles. The van der Waals surface area contributed by atoms with Gasteiger partial charge in [-0.15, -0.1) is 0 Å². The summed E-state index contributed by atoms with van der Waals surface area (Å²) in [5.74, 6) is 0.181. The number of carbonyl (C=O) groups is 1. The number of nitrogens with one attached hydrogen (secondary N) is 1. The molecule has 3 rings (SSSR count). The average Bonchev–Trinajstić information content (AvgIpc) is 3.24. The van der Waals surface area contributed by atoms with Gasteiger partial charge in [0.1, 0.15) is 0 Å². The molecule has 1 aliphatic carbocycles. The second-order valence-corrected chi connectivity index (χ2v) is 6.12. The summed E-state index contributed by atoms with van der Waals surface area (Å²) < 4.78 is 1.66. The Bertz CT molecular complexity index is 705. The average molecular weight is 288 g/mol. The molecule has 6 nitrogen and oxygen atoms in total. The van der Waals surface area contributed by atoms with Gasteiger partial charge in [0.2, 0.25) is 0 Å². The van der Waals surface area contributed by atoms with E-state index < -0.39 is 5.54 Å². The second kappa shape index (κ2) is 4.80. The second-order valence-electron chi connectivity index (χ2n) is 6.12. The Morgan fingerprint density at radius 1 is 1.57 bits per heavy atom. The number of carbonyl (C=O) groups excluding carboxylic acids is 1. The number of hydrogen-bond acceptors (Lipinski definition) is 4. The fraction of sp³-hybridized carbons (Fsp3) is 0.533. The molecule has 1 amide bonds. The van der Waals surface area contributed by atoms with Crippen molar-refractivity contribution >= 4 is 16.9 Å². The van der Waals surface area contributed by atoms with Crippen LogP contribution in [0.1, 0.15) is 35.8 Å². The minimum Gasteiger partial charge on any atom is -0.394 e.